The SMILES string of the molecule is C=C(C1=CC(=O)C(C)(C)O1)[C@H]1CC=C([C@H]2CC[C@@H]3[C@]2(C)CC[C@@H]2C(C)(C)C(=O)[C@@H](O)C[C@@]32C)[C@@H](O)O1. The lowest BCUT2D eigenvalue weighted by Crippen LogP contribution is -2.61. The Morgan fingerprint density at radius 1 is 1.00 bits per heavy atom. The van der Waals surface area contributed by atoms with Crippen molar-refractivity contribution < 1.29 is 29.3 Å². The number of Topliss-reactive ketones (excluding diaryl/α,β-unsaturated/α-hetero) is 1. The van der Waals surface area contributed by atoms with Crippen LogP contribution in [0, 0.1) is 34.0 Å². The number of aliphatic hydroxyl groups is 2. The van der Waals surface area contributed by atoms with Crippen molar-refractivity contribution in [2.75, 3.05) is 0 Å². The molecule has 0 aromatic heterocycles. The zero-order valence-corrected chi connectivity index (χ0v) is 22.6. The van der Waals surface area contributed by atoms with E-state index in [0.29, 0.717) is 30.1 Å². The van der Waals surface area contributed by atoms with Gasteiger partial charge in [-0.3, -0.25) is 9.59 Å². The summed E-state index contributed by atoms with van der Waals surface area (Å²) in [6.45, 7) is 16.2. The minimum Gasteiger partial charge on any atom is -0.479 e. The van der Waals surface area contributed by atoms with Gasteiger partial charge >= 0.3 is 0 Å². The Morgan fingerprint density at radius 3 is 2.31 bits per heavy atom. The van der Waals surface area contributed by atoms with Crippen LogP contribution in [0.25, 0.3) is 0 Å². The van der Waals surface area contributed by atoms with Crippen LogP contribution >= 0.6 is 0 Å². The van der Waals surface area contributed by atoms with Crippen molar-refractivity contribution in [3.05, 3.63) is 35.6 Å². The number of carbonyl (C=O) groups is 2. The predicted octanol–water partition coefficient (Wildman–Crippen LogP) is 4.65. The molecule has 0 spiro atoms. The van der Waals surface area contributed by atoms with E-state index >= 15 is 0 Å². The van der Waals surface area contributed by atoms with Crippen molar-refractivity contribution in [1.29, 1.82) is 0 Å². The molecule has 8 atom stereocenters. The topological polar surface area (TPSA) is 93.1 Å². The largest absolute Gasteiger partial charge is 0.479 e. The minimum absolute atomic E-state index is 0.0142. The molecule has 0 amide bonds. The second-order valence-corrected chi connectivity index (χ2v) is 13.5. The number of ether oxygens (including phenoxy) is 2. The standard InChI is InChI=1S/C30H42O6/c1-16(21-14-24(32)28(4,5)36-21)20-10-8-17(26(34)35-20)18-9-11-23-29(18,6)13-12-22-27(2,3)25(33)19(31)15-30(22,23)7/h8,14,18-20,22-23,26,31,34H,1,9-13,15H2,2-7H3/t18-,19+,20-,22-,23-,26+,29-,30-/m1/s1. The van der Waals surface area contributed by atoms with E-state index in [0.717, 1.165) is 31.3 Å². The van der Waals surface area contributed by atoms with E-state index in [2.05, 4.69) is 26.5 Å². The van der Waals surface area contributed by atoms with E-state index < -0.39 is 29.5 Å². The lowest BCUT2D eigenvalue weighted by molar-refractivity contribution is -0.176. The minimum atomic E-state index is -1.03. The zero-order valence-electron chi connectivity index (χ0n) is 22.6. The maximum absolute atomic E-state index is 12.9. The van der Waals surface area contributed by atoms with Crippen molar-refractivity contribution in [3.8, 4) is 0 Å². The molecule has 36 heavy (non-hydrogen) atoms. The second kappa shape index (κ2) is 8.12. The van der Waals surface area contributed by atoms with E-state index in [1.165, 1.54) is 6.08 Å². The van der Waals surface area contributed by atoms with Gasteiger partial charge in [0.25, 0.3) is 0 Å². The maximum Gasteiger partial charge on any atom is 0.202 e. The first kappa shape index (κ1) is 25.9. The summed E-state index contributed by atoms with van der Waals surface area (Å²) in [5, 5.41) is 21.9. The van der Waals surface area contributed by atoms with E-state index in [4.69, 9.17) is 9.47 Å². The third-order valence-corrected chi connectivity index (χ3v) is 10.8. The number of hydrogen-bond acceptors (Lipinski definition) is 6. The highest BCUT2D eigenvalue weighted by molar-refractivity contribution is 5.99. The zero-order chi connectivity index (χ0) is 26.4. The number of rotatable bonds is 3. The summed E-state index contributed by atoms with van der Waals surface area (Å²) < 4.78 is 11.9. The van der Waals surface area contributed by atoms with E-state index in [9.17, 15) is 19.8 Å². The molecule has 0 aromatic rings. The second-order valence-electron chi connectivity index (χ2n) is 13.5. The van der Waals surface area contributed by atoms with Gasteiger partial charge in [0.05, 0.1) is 6.10 Å². The molecule has 3 fully saturated rings. The van der Waals surface area contributed by atoms with Gasteiger partial charge in [0.1, 0.15) is 11.9 Å². The molecule has 5 rings (SSSR count). The van der Waals surface area contributed by atoms with Crippen LogP contribution in [0.15, 0.2) is 35.6 Å². The molecule has 6 heteroatoms. The van der Waals surface area contributed by atoms with Gasteiger partial charge < -0.3 is 19.7 Å². The molecule has 5 aliphatic rings. The first-order valence-corrected chi connectivity index (χ1v) is 13.5. The number of aliphatic hydroxyl groups excluding tert-OH is 2. The molecular weight excluding hydrogens is 456 g/mol. The van der Waals surface area contributed by atoms with Crippen molar-refractivity contribution in [1.82, 2.24) is 0 Å². The first-order chi connectivity index (χ1) is 16.6. The third-order valence-electron chi connectivity index (χ3n) is 10.8. The quantitative estimate of drug-likeness (QED) is 0.551. The molecule has 2 aliphatic heterocycles. The Morgan fingerprint density at radius 2 is 1.69 bits per heavy atom. The monoisotopic (exact) mass is 498 g/mol. The Hall–Kier alpha value is -1.76. The Balaban J connectivity index is 1.37. The molecule has 198 valence electrons. The lowest BCUT2D eigenvalue weighted by atomic mass is 9.42. The summed E-state index contributed by atoms with van der Waals surface area (Å²) in [6, 6.07) is 0. The summed E-state index contributed by atoms with van der Waals surface area (Å²) >= 11 is 0. The molecular formula is C30H42O6. The van der Waals surface area contributed by atoms with E-state index in [1.54, 1.807) is 13.8 Å². The van der Waals surface area contributed by atoms with Crippen molar-refractivity contribution in [2.45, 2.75) is 104 Å². The third kappa shape index (κ3) is 3.54. The van der Waals surface area contributed by atoms with Gasteiger partial charge in [0, 0.05) is 17.1 Å². The van der Waals surface area contributed by atoms with E-state index in [-0.39, 0.29) is 34.2 Å². The average Bonchev–Trinajstić information content (AvgIpc) is 3.27. The molecule has 0 aromatic carbocycles. The Kier molecular flexibility index (Phi) is 5.83. The Labute approximate surface area is 214 Å². The fourth-order valence-electron chi connectivity index (χ4n) is 8.96. The predicted molar refractivity (Wildman–Crippen MR) is 136 cm³/mol. The normalized spacial score (nSPS) is 45.3. The van der Waals surface area contributed by atoms with Crippen LogP contribution in [-0.4, -0.2) is 45.9 Å². The molecule has 2 heterocycles. The molecule has 2 N–H and O–H groups in total. The smallest absolute Gasteiger partial charge is 0.202 e. The van der Waals surface area contributed by atoms with Crippen molar-refractivity contribution in [3.63, 3.8) is 0 Å². The first-order valence-electron chi connectivity index (χ1n) is 13.5. The van der Waals surface area contributed by atoms with Gasteiger partial charge in [-0.2, -0.15) is 0 Å². The van der Waals surface area contributed by atoms with Gasteiger partial charge in [-0.05, 0) is 86.5 Å². The summed E-state index contributed by atoms with van der Waals surface area (Å²) in [5.74, 6) is 1.12. The van der Waals surface area contributed by atoms with Crippen molar-refractivity contribution in [2.24, 2.45) is 34.0 Å². The Bertz CT molecular complexity index is 1070. The highest BCUT2D eigenvalue weighted by atomic mass is 16.6. The van der Waals surface area contributed by atoms with Gasteiger partial charge in [-0.1, -0.05) is 40.3 Å². The highest BCUT2D eigenvalue weighted by Crippen LogP contribution is 2.70. The highest BCUT2D eigenvalue weighted by Gasteiger charge is 2.66. The molecule has 0 bridgehead atoms. The van der Waals surface area contributed by atoms with Crippen LogP contribution in [0.2, 0.25) is 0 Å². The number of carbonyl (C=O) groups excluding carboxylic acids is 2. The molecule has 3 saturated carbocycles. The number of fused-ring (bicyclic) bond motifs is 3. The lowest BCUT2D eigenvalue weighted by Gasteiger charge is -2.62. The van der Waals surface area contributed by atoms with Gasteiger partial charge in [-0.25, -0.2) is 0 Å². The van der Waals surface area contributed by atoms with Crippen LogP contribution in [0.3, 0.4) is 0 Å². The molecule has 0 unspecified atom stereocenters. The average molecular weight is 499 g/mol. The summed E-state index contributed by atoms with van der Waals surface area (Å²) in [6.07, 6.45) is 6.22. The molecule has 0 saturated heterocycles. The van der Waals surface area contributed by atoms with Crippen LogP contribution in [0.4, 0.5) is 0 Å². The van der Waals surface area contributed by atoms with Crippen LogP contribution in [-0.2, 0) is 19.1 Å². The molecule has 0 radical (unpaired) electrons. The summed E-state index contributed by atoms with van der Waals surface area (Å²) in [4.78, 5) is 25.0. The molecule has 3 aliphatic carbocycles. The van der Waals surface area contributed by atoms with E-state index in [1.807, 2.05) is 13.8 Å². The molecule has 6 nitrogen and oxygen atoms in total. The van der Waals surface area contributed by atoms with Gasteiger partial charge in [0.15, 0.2) is 17.7 Å². The van der Waals surface area contributed by atoms with Crippen LogP contribution in [0.1, 0.15) is 80.1 Å². The van der Waals surface area contributed by atoms with Crippen LogP contribution in [0.5, 0.6) is 0 Å². The summed E-state index contributed by atoms with van der Waals surface area (Å²) in [5.41, 5.74) is -0.0674. The van der Waals surface area contributed by atoms with Crippen molar-refractivity contribution >= 4 is 11.6 Å². The number of hydrogen-bond donors (Lipinski definition) is 2. The number of ketones is 2. The van der Waals surface area contributed by atoms with Crippen LogP contribution < -0.4 is 0 Å². The van der Waals surface area contributed by atoms with Gasteiger partial charge in [-0.15, -0.1) is 0 Å². The fourth-order valence-corrected chi connectivity index (χ4v) is 8.96. The summed E-state index contributed by atoms with van der Waals surface area (Å²) in [7, 11) is 0. The maximum atomic E-state index is 12.9. The van der Waals surface area contributed by atoms with Gasteiger partial charge in [0.2, 0.25) is 5.78 Å². The fraction of sp³-hybridized carbons (Fsp3) is 0.733.